The summed E-state index contributed by atoms with van der Waals surface area (Å²) in [6.07, 6.45) is 3.15. The Morgan fingerprint density at radius 3 is 2.12 bits per heavy atom. The Kier molecular flexibility index (Phi) is 18.9. The Balaban J connectivity index is 0. The Hall–Kier alpha value is -0.523. The number of nitrogens with two attached hydrogens (primary N) is 1. The van der Waals surface area contributed by atoms with E-state index in [-0.39, 0.29) is 5.91 Å². The van der Waals surface area contributed by atoms with Crippen LogP contribution in [0.15, 0.2) is 4.99 Å². The first kappa shape index (κ1) is 17.9. The molecule has 0 aromatic rings. The summed E-state index contributed by atoms with van der Waals surface area (Å²) in [5.74, 6) is -0.0999. The molecule has 0 fully saturated rings. The Labute approximate surface area is 100 Å². The largest absolute Gasteiger partial charge is 0.357 e. The molecular formula is C10H24N2O3Si. The molecule has 0 rings (SSSR count). The van der Waals surface area contributed by atoms with Crippen LogP contribution in [0.4, 0.5) is 0 Å². The van der Waals surface area contributed by atoms with Crippen LogP contribution in [0.3, 0.4) is 0 Å². The fourth-order valence-electron chi connectivity index (χ4n) is 0.802. The summed E-state index contributed by atoms with van der Waals surface area (Å²) in [5.41, 5.74) is 5.03. The number of rotatable bonds is 8. The minimum atomic E-state index is -0.581. The Morgan fingerprint density at radius 2 is 1.81 bits per heavy atom. The van der Waals surface area contributed by atoms with E-state index in [1.54, 1.807) is 0 Å². The molecule has 0 aliphatic rings. The molecule has 0 saturated heterocycles. The Morgan fingerprint density at radius 1 is 1.31 bits per heavy atom. The van der Waals surface area contributed by atoms with Crippen molar-refractivity contribution >= 4 is 15.6 Å². The number of hydrogen-bond donors (Lipinski definition) is 1. The SMILES string of the molecule is CCCN.CCOC(OCC)[SiH2]CN=C=O. The fraction of sp³-hybridized carbons (Fsp3) is 0.900. The monoisotopic (exact) mass is 248 g/mol. The molecule has 0 spiro atoms. The van der Waals surface area contributed by atoms with E-state index in [0.29, 0.717) is 19.4 Å². The van der Waals surface area contributed by atoms with E-state index in [1.165, 1.54) is 6.08 Å². The average molecular weight is 248 g/mol. The molecule has 0 heterocycles. The first-order valence-electron chi connectivity index (χ1n) is 5.73. The molecule has 0 bridgehead atoms. The first-order chi connectivity index (χ1) is 7.76. The van der Waals surface area contributed by atoms with Gasteiger partial charge in [-0.25, -0.2) is 9.79 Å². The summed E-state index contributed by atoms with van der Waals surface area (Å²) in [4.78, 5) is 13.2. The minimum Gasteiger partial charge on any atom is -0.357 e. The zero-order chi connectivity index (χ0) is 12.6. The second kappa shape index (κ2) is 16.9. The Bertz CT molecular complexity index is 167. The maximum atomic E-state index is 9.75. The van der Waals surface area contributed by atoms with Gasteiger partial charge in [-0.1, -0.05) is 6.92 Å². The van der Waals surface area contributed by atoms with Crippen LogP contribution < -0.4 is 5.73 Å². The van der Waals surface area contributed by atoms with Crippen LogP contribution in [-0.2, 0) is 14.3 Å². The number of carbonyl (C=O) groups excluding carboxylic acids is 1. The van der Waals surface area contributed by atoms with Crippen molar-refractivity contribution in [1.29, 1.82) is 0 Å². The molecule has 16 heavy (non-hydrogen) atoms. The molecule has 0 aromatic heterocycles. The standard InChI is InChI=1S/C7H15NO3Si.C3H9N/c1-3-10-7(11-4-2)12-6-8-5-9;1-2-3-4/h7H,3-4,6,12H2,1-2H3;2-4H2,1H3. The van der Waals surface area contributed by atoms with E-state index in [1.807, 2.05) is 13.8 Å². The van der Waals surface area contributed by atoms with Gasteiger partial charge in [-0.05, 0) is 26.8 Å². The molecule has 2 N–H and O–H groups in total. The molecule has 0 saturated carbocycles. The summed E-state index contributed by atoms with van der Waals surface area (Å²) in [6, 6.07) is 0. The fourth-order valence-corrected chi connectivity index (χ4v) is 2.04. The molecule has 0 atom stereocenters. The van der Waals surface area contributed by atoms with Crippen molar-refractivity contribution in [2.24, 2.45) is 10.7 Å². The van der Waals surface area contributed by atoms with Gasteiger partial charge in [0, 0.05) is 19.4 Å². The maximum Gasteiger partial charge on any atom is 0.234 e. The number of nitrogens with zero attached hydrogens (tertiary/aromatic N) is 1. The maximum absolute atomic E-state index is 9.75. The van der Waals surface area contributed by atoms with Gasteiger partial charge in [0.1, 0.15) is 15.4 Å². The highest BCUT2D eigenvalue weighted by molar-refractivity contribution is 6.36. The van der Waals surface area contributed by atoms with E-state index >= 15 is 0 Å². The third-order valence-electron chi connectivity index (χ3n) is 1.53. The predicted molar refractivity (Wildman–Crippen MR) is 67.9 cm³/mol. The quantitative estimate of drug-likeness (QED) is 0.287. The van der Waals surface area contributed by atoms with Crippen LogP contribution in [0.1, 0.15) is 27.2 Å². The molecule has 6 heteroatoms. The average Bonchev–Trinajstić information content (AvgIpc) is 2.30. The van der Waals surface area contributed by atoms with E-state index in [2.05, 4.69) is 11.9 Å². The molecule has 96 valence electrons. The molecule has 0 aliphatic heterocycles. The van der Waals surface area contributed by atoms with Crippen LogP contribution in [0.2, 0.25) is 0 Å². The van der Waals surface area contributed by atoms with Gasteiger partial charge in [-0.2, -0.15) is 0 Å². The zero-order valence-corrected chi connectivity index (χ0v) is 12.0. The summed E-state index contributed by atoms with van der Waals surface area (Å²) >= 11 is 0. The summed E-state index contributed by atoms with van der Waals surface area (Å²) in [7, 11) is -0.581. The molecule has 0 radical (unpaired) electrons. The molecule has 0 aliphatic carbocycles. The lowest BCUT2D eigenvalue weighted by Crippen LogP contribution is -2.26. The normalized spacial score (nSPS) is 10.1. The van der Waals surface area contributed by atoms with Gasteiger partial charge in [-0.15, -0.1) is 0 Å². The van der Waals surface area contributed by atoms with Crippen molar-refractivity contribution in [3.63, 3.8) is 0 Å². The minimum absolute atomic E-state index is 0.0999. The molecule has 0 amide bonds. The van der Waals surface area contributed by atoms with Crippen molar-refractivity contribution in [1.82, 2.24) is 0 Å². The van der Waals surface area contributed by atoms with Crippen LogP contribution >= 0.6 is 0 Å². The van der Waals surface area contributed by atoms with Gasteiger partial charge in [-0.3, -0.25) is 0 Å². The molecular weight excluding hydrogens is 224 g/mol. The lowest BCUT2D eigenvalue weighted by molar-refractivity contribution is -0.0826. The van der Waals surface area contributed by atoms with E-state index in [0.717, 1.165) is 13.0 Å². The molecule has 0 unspecified atom stereocenters. The number of isocyanates is 1. The van der Waals surface area contributed by atoms with Crippen molar-refractivity contribution in [3.05, 3.63) is 0 Å². The van der Waals surface area contributed by atoms with Crippen LogP contribution in [0.25, 0.3) is 0 Å². The lowest BCUT2D eigenvalue weighted by Gasteiger charge is -2.14. The second-order valence-corrected chi connectivity index (χ2v) is 4.58. The molecule has 0 aromatic carbocycles. The van der Waals surface area contributed by atoms with Crippen molar-refractivity contribution in [2.45, 2.75) is 33.1 Å². The van der Waals surface area contributed by atoms with E-state index in [4.69, 9.17) is 15.2 Å². The van der Waals surface area contributed by atoms with Gasteiger partial charge in [0.05, 0.1) is 0 Å². The van der Waals surface area contributed by atoms with Crippen LogP contribution in [0.5, 0.6) is 0 Å². The second-order valence-electron chi connectivity index (χ2n) is 2.89. The van der Waals surface area contributed by atoms with Gasteiger partial charge >= 0.3 is 0 Å². The van der Waals surface area contributed by atoms with Gasteiger partial charge in [0.25, 0.3) is 0 Å². The predicted octanol–water partition coefficient (Wildman–Crippen LogP) is 0.160. The highest BCUT2D eigenvalue weighted by Gasteiger charge is 2.06. The summed E-state index contributed by atoms with van der Waals surface area (Å²) in [5, 5.41) is 0. The van der Waals surface area contributed by atoms with E-state index < -0.39 is 9.52 Å². The third kappa shape index (κ3) is 15.9. The highest BCUT2D eigenvalue weighted by Crippen LogP contribution is 1.92. The van der Waals surface area contributed by atoms with Crippen LogP contribution in [0, 0.1) is 0 Å². The van der Waals surface area contributed by atoms with Gasteiger partial charge < -0.3 is 15.2 Å². The van der Waals surface area contributed by atoms with Crippen molar-refractivity contribution in [3.8, 4) is 0 Å². The zero-order valence-electron chi connectivity index (χ0n) is 10.6. The van der Waals surface area contributed by atoms with Crippen molar-refractivity contribution < 1.29 is 14.3 Å². The highest BCUT2D eigenvalue weighted by atomic mass is 28.2. The number of ether oxygens (including phenoxy) is 2. The van der Waals surface area contributed by atoms with E-state index in [9.17, 15) is 4.79 Å². The van der Waals surface area contributed by atoms with Crippen molar-refractivity contribution in [2.75, 3.05) is 25.9 Å². The van der Waals surface area contributed by atoms with Crippen LogP contribution in [-0.4, -0.2) is 47.4 Å². The lowest BCUT2D eigenvalue weighted by atomic mass is 10.5. The smallest absolute Gasteiger partial charge is 0.234 e. The number of aliphatic imine (C=N–C) groups is 1. The number of hydrogen-bond acceptors (Lipinski definition) is 5. The van der Waals surface area contributed by atoms with Gasteiger partial charge in [0.15, 0.2) is 0 Å². The summed E-state index contributed by atoms with van der Waals surface area (Å²) in [6.45, 7) is 8.00. The summed E-state index contributed by atoms with van der Waals surface area (Å²) < 4.78 is 10.6. The van der Waals surface area contributed by atoms with Gasteiger partial charge in [0.2, 0.25) is 6.08 Å². The topological polar surface area (TPSA) is 73.9 Å². The third-order valence-corrected chi connectivity index (χ3v) is 2.96. The molecule has 5 nitrogen and oxygen atoms in total. The first-order valence-corrected chi connectivity index (χ1v) is 7.55.